The normalized spacial score (nSPS) is 10.8. The van der Waals surface area contributed by atoms with Crippen LogP contribution < -0.4 is 10.1 Å². The Morgan fingerprint density at radius 3 is 2.29 bits per heavy atom. The maximum absolute atomic E-state index is 12.5. The summed E-state index contributed by atoms with van der Waals surface area (Å²) in [6.45, 7) is 2.36. The van der Waals surface area contributed by atoms with Crippen LogP contribution in [-0.2, 0) is 4.79 Å². The Morgan fingerprint density at radius 1 is 0.964 bits per heavy atom. The van der Waals surface area contributed by atoms with Gasteiger partial charge in [0.15, 0.2) is 0 Å². The van der Waals surface area contributed by atoms with Gasteiger partial charge in [0, 0.05) is 0 Å². The fraction of sp³-hybridized carbons (Fsp3) is 0.0833. The molecule has 3 aromatic carbocycles. The van der Waals surface area contributed by atoms with E-state index in [0.29, 0.717) is 18.0 Å². The number of amides is 1. The van der Waals surface area contributed by atoms with Gasteiger partial charge in [-0.1, -0.05) is 66.7 Å². The van der Waals surface area contributed by atoms with E-state index in [1.54, 1.807) is 24.3 Å². The van der Waals surface area contributed by atoms with Crippen molar-refractivity contribution < 1.29 is 9.53 Å². The lowest BCUT2D eigenvalue weighted by Crippen LogP contribution is -2.14. The van der Waals surface area contributed by atoms with Crippen LogP contribution in [0.1, 0.15) is 12.5 Å². The molecule has 3 rings (SSSR count). The number of ether oxygens (including phenoxy) is 1. The number of nitrogens with zero attached hydrogens (tertiary/aromatic N) is 1. The predicted octanol–water partition coefficient (Wildman–Crippen LogP) is 5.30. The molecule has 0 aromatic heterocycles. The number of carbonyl (C=O) groups is 1. The molecular formula is C24H20N2O2. The summed E-state index contributed by atoms with van der Waals surface area (Å²) >= 11 is 0. The van der Waals surface area contributed by atoms with Crippen LogP contribution in [0.15, 0.2) is 84.4 Å². The van der Waals surface area contributed by atoms with Crippen molar-refractivity contribution in [3.05, 3.63) is 90.0 Å². The van der Waals surface area contributed by atoms with Crippen molar-refractivity contribution in [3.63, 3.8) is 0 Å². The zero-order valence-corrected chi connectivity index (χ0v) is 15.6. The lowest BCUT2D eigenvalue weighted by atomic mass is 10.0. The zero-order valence-electron chi connectivity index (χ0n) is 15.6. The molecule has 0 atom stereocenters. The fourth-order valence-electron chi connectivity index (χ4n) is 2.76. The van der Waals surface area contributed by atoms with Crippen molar-refractivity contribution >= 4 is 17.7 Å². The van der Waals surface area contributed by atoms with Gasteiger partial charge in [0.2, 0.25) is 0 Å². The van der Waals surface area contributed by atoms with Gasteiger partial charge in [0.05, 0.1) is 12.3 Å². The Labute approximate surface area is 164 Å². The van der Waals surface area contributed by atoms with Crippen LogP contribution >= 0.6 is 0 Å². The lowest BCUT2D eigenvalue weighted by molar-refractivity contribution is -0.112. The van der Waals surface area contributed by atoms with E-state index in [-0.39, 0.29) is 5.57 Å². The largest absolute Gasteiger partial charge is 0.492 e. The van der Waals surface area contributed by atoms with Crippen LogP contribution in [0.3, 0.4) is 0 Å². The van der Waals surface area contributed by atoms with Crippen LogP contribution in [0, 0.1) is 11.3 Å². The molecule has 0 radical (unpaired) electrons. The molecule has 0 fully saturated rings. The van der Waals surface area contributed by atoms with Gasteiger partial charge in [-0.15, -0.1) is 0 Å². The molecule has 28 heavy (non-hydrogen) atoms. The second-order valence-corrected chi connectivity index (χ2v) is 6.04. The smallest absolute Gasteiger partial charge is 0.266 e. The van der Waals surface area contributed by atoms with Gasteiger partial charge in [-0.25, -0.2) is 0 Å². The van der Waals surface area contributed by atoms with Crippen molar-refractivity contribution in [1.29, 1.82) is 5.26 Å². The number of hydrogen-bond acceptors (Lipinski definition) is 3. The number of para-hydroxylation sites is 2. The molecule has 3 aromatic rings. The van der Waals surface area contributed by atoms with E-state index in [2.05, 4.69) is 5.32 Å². The molecule has 138 valence electrons. The molecule has 0 saturated carbocycles. The summed E-state index contributed by atoms with van der Waals surface area (Å²) in [6, 6.07) is 26.9. The van der Waals surface area contributed by atoms with Gasteiger partial charge in [-0.05, 0) is 41.8 Å². The summed E-state index contributed by atoms with van der Waals surface area (Å²) < 4.78 is 5.51. The number of rotatable bonds is 6. The van der Waals surface area contributed by atoms with E-state index in [1.165, 1.54) is 0 Å². The van der Waals surface area contributed by atoms with E-state index in [9.17, 15) is 10.1 Å². The average Bonchev–Trinajstić information content (AvgIpc) is 2.74. The molecule has 0 unspecified atom stereocenters. The number of nitrogens with one attached hydrogen (secondary N) is 1. The van der Waals surface area contributed by atoms with Gasteiger partial charge < -0.3 is 10.1 Å². The fourth-order valence-corrected chi connectivity index (χ4v) is 2.76. The first-order chi connectivity index (χ1) is 13.7. The Balaban J connectivity index is 1.78. The van der Waals surface area contributed by atoms with E-state index in [0.717, 1.165) is 16.7 Å². The third kappa shape index (κ3) is 4.66. The van der Waals surface area contributed by atoms with Gasteiger partial charge in [-0.3, -0.25) is 4.79 Å². The summed E-state index contributed by atoms with van der Waals surface area (Å²) in [7, 11) is 0. The highest BCUT2D eigenvalue weighted by Crippen LogP contribution is 2.25. The highest BCUT2D eigenvalue weighted by Gasteiger charge is 2.12. The minimum Gasteiger partial charge on any atom is -0.492 e. The van der Waals surface area contributed by atoms with E-state index in [4.69, 9.17) is 4.74 Å². The van der Waals surface area contributed by atoms with E-state index >= 15 is 0 Å². The molecule has 1 amide bonds. The molecule has 4 heteroatoms. The van der Waals surface area contributed by atoms with Gasteiger partial charge in [0.25, 0.3) is 5.91 Å². The Kier molecular flexibility index (Phi) is 6.22. The molecule has 0 bridgehead atoms. The second-order valence-electron chi connectivity index (χ2n) is 6.04. The first-order valence-corrected chi connectivity index (χ1v) is 9.01. The molecule has 0 saturated heterocycles. The maximum atomic E-state index is 12.5. The van der Waals surface area contributed by atoms with Gasteiger partial charge >= 0.3 is 0 Å². The number of benzene rings is 3. The highest BCUT2D eigenvalue weighted by atomic mass is 16.5. The topological polar surface area (TPSA) is 62.1 Å². The molecule has 0 aliphatic carbocycles. The molecule has 0 aliphatic rings. The quantitative estimate of drug-likeness (QED) is 0.474. The van der Waals surface area contributed by atoms with Crippen LogP contribution in [0.4, 0.5) is 5.69 Å². The van der Waals surface area contributed by atoms with Gasteiger partial charge in [0.1, 0.15) is 17.4 Å². The third-order valence-corrected chi connectivity index (χ3v) is 4.13. The molecule has 1 N–H and O–H groups in total. The van der Waals surface area contributed by atoms with Crippen molar-refractivity contribution in [2.75, 3.05) is 11.9 Å². The number of hydrogen-bond donors (Lipinski definition) is 1. The van der Waals surface area contributed by atoms with Crippen molar-refractivity contribution in [3.8, 4) is 22.9 Å². The number of nitriles is 1. The van der Waals surface area contributed by atoms with E-state index in [1.807, 2.05) is 73.7 Å². The van der Waals surface area contributed by atoms with Crippen molar-refractivity contribution in [2.45, 2.75) is 6.92 Å². The Morgan fingerprint density at radius 2 is 1.61 bits per heavy atom. The summed E-state index contributed by atoms with van der Waals surface area (Å²) in [5.74, 6) is 0.102. The van der Waals surface area contributed by atoms with Crippen LogP contribution in [0.5, 0.6) is 5.75 Å². The SMILES string of the molecule is CCOc1ccccc1NC(=O)/C(C#N)=C/c1ccc(-c2ccccc2)cc1. The Hall–Kier alpha value is -3.84. The molecule has 0 heterocycles. The lowest BCUT2D eigenvalue weighted by Gasteiger charge is -2.10. The number of anilines is 1. The predicted molar refractivity (Wildman–Crippen MR) is 112 cm³/mol. The van der Waals surface area contributed by atoms with Crippen molar-refractivity contribution in [1.82, 2.24) is 0 Å². The summed E-state index contributed by atoms with van der Waals surface area (Å²) in [5, 5.41) is 12.2. The van der Waals surface area contributed by atoms with Crippen LogP contribution in [0.2, 0.25) is 0 Å². The monoisotopic (exact) mass is 368 g/mol. The molecule has 0 aliphatic heterocycles. The second kappa shape index (κ2) is 9.20. The summed E-state index contributed by atoms with van der Waals surface area (Å²) in [4.78, 5) is 12.5. The average molecular weight is 368 g/mol. The van der Waals surface area contributed by atoms with Crippen LogP contribution in [-0.4, -0.2) is 12.5 Å². The molecule has 0 spiro atoms. The first-order valence-electron chi connectivity index (χ1n) is 9.01. The van der Waals surface area contributed by atoms with Crippen molar-refractivity contribution in [2.24, 2.45) is 0 Å². The minimum atomic E-state index is -0.471. The summed E-state index contributed by atoms with van der Waals surface area (Å²) in [5.41, 5.74) is 3.54. The zero-order chi connectivity index (χ0) is 19.8. The Bertz CT molecular complexity index is 1020. The standard InChI is InChI=1S/C24H20N2O2/c1-2-28-23-11-7-6-10-22(23)26-24(27)21(17-25)16-18-12-14-20(15-13-18)19-8-4-3-5-9-19/h3-16H,2H2,1H3,(H,26,27)/b21-16+. The molecule has 4 nitrogen and oxygen atoms in total. The highest BCUT2D eigenvalue weighted by molar-refractivity contribution is 6.10. The number of carbonyl (C=O) groups excluding carboxylic acids is 1. The maximum Gasteiger partial charge on any atom is 0.266 e. The molecular weight excluding hydrogens is 348 g/mol. The summed E-state index contributed by atoms with van der Waals surface area (Å²) in [6.07, 6.45) is 1.58. The van der Waals surface area contributed by atoms with Gasteiger partial charge in [-0.2, -0.15) is 5.26 Å². The van der Waals surface area contributed by atoms with E-state index < -0.39 is 5.91 Å². The minimum absolute atomic E-state index is 0.0266. The van der Waals surface area contributed by atoms with Crippen LogP contribution in [0.25, 0.3) is 17.2 Å². The first kappa shape index (κ1) is 18.9. The third-order valence-electron chi connectivity index (χ3n) is 4.13.